The van der Waals surface area contributed by atoms with Crippen molar-refractivity contribution in [3.63, 3.8) is 0 Å². The molecule has 0 spiro atoms. The minimum absolute atomic E-state index is 0.000163. The molecule has 0 aliphatic carbocycles. The van der Waals surface area contributed by atoms with Gasteiger partial charge < -0.3 is 9.84 Å². The molecule has 4 rings (SSSR count). The fourth-order valence-corrected chi connectivity index (χ4v) is 5.15. The van der Waals surface area contributed by atoms with E-state index in [1.165, 1.54) is 11.5 Å². The Hall–Kier alpha value is -3.68. The largest absolute Gasteiger partial charge is 0.481 e. The Labute approximate surface area is 218 Å². The summed E-state index contributed by atoms with van der Waals surface area (Å²) in [6.07, 6.45) is -1.10. The molecule has 3 aromatic carbocycles. The van der Waals surface area contributed by atoms with E-state index in [9.17, 15) is 9.59 Å². The topological polar surface area (TPSA) is 88.5 Å². The van der Waals surface area contributed by atoms with E-state index in [2.05, 4.69) is 9.69 Å². The van der Waals surface area contributed by atoms with Crippen molar-refractivity contribution in [2.75, 3.05) is 5.32 Å². The molecule has 1 aromatic heterocycles. The number of benzene rings is 3. The zero-order chi connectivity index (χ0) is 25.8. The molecule has 184 valence electrons. The normalized spacial score (nSPS) is 11.7. The first-order chi connectivity index (χ1) is 17.2. The van der Waals surface area contributed by atoms with Crippen molar-refractivity contribution in [1.29, 1.82) is 0 Å². The maximum atomic E-state index is 12.7. The van der Waals surface area contributed by atoms with Crippen LogP contribution in [0.1, 0.15) is 35.4 Å². The van der Waals surface area contributed by atoms with E-state index in [-0.39, 0.29) is 6.42 Å². The van der Waals surface area contributed by atoms with Gasteiger partial charge in [-0.25, -0.2) is 4.79 Å². The van der Waals surface area contributed by atoms with Gasteiger partial charge in [0.15, 0.2) is 0 Å². The van der Waals surface area contributed by atoms with E-state index in [1.807, 2.05) is 74.5 Å². The predicted octanol–water partition coefficient (Wildman–Crippen LogP) is 7.68. The second-order valence-corrected chi connectivity index (χ2v) is 9.64. The summed E-state index contributed by atoms with van der Waals surface area (Å²) < 4.78 is 9.99. The number of rotatable bonds is 7. The summed E-state index contributed by atoms with van der Waals surface area (Å²) in [6, 6.07) is 20.9. The summed E-state index contributed by atoms with van der Waals surface area (Å²) in [5.74, 6) is -0.849. The van der Waals surface area contributed by atoms with E-state index >= 15 is 0 Å². The number of aromatic nitrogens is 1. The monoisotopic (exact) mass is 520 g/mol. The fraction of sp³-hybridized carbons (Fsp3) is 0.179. The number of hydrogen-bond acceptors (Lipinski definition) is 5. The lowest BCUT2D eigenvalue weighted by Gasteiger charge is -2.16. The molecule has 0 saturated carbocycles. The molecule has 0 radical (unpaired) electrons. The minimum Gasteiger partial charge on any atom is -0.481 e. The van der Waals surface area contributed by atoms with E-state index in [0.29, 0.717) is 16.4 Å². The zero-order valence-corrected chi connectivity index (χ0v) is 21.6. The number of carbonyl (C=O) groups excluding carboxylic acids is 1. The molecule has 1 unspecified atom stereocenters. The summed E-state index contributed by atoms with van der Waals surface area (Å²) in [5, 5.41) is 12.4. The molecule has 0 saturated heterocycles. The minimum atomic E-state index is -0.849. The molecule has 1 heterocycles. The Morgan fingerprint density at radius 1 is 1.06 bits per heavy atom. The van der Waals surface area contributed by atoms with E-state index in [4.69, 9.17) is 21.4 Å². The van der Waals surface area contributed by atoms with Crippen molar-refractivity contribution < 1.29 is 19.4 Å². The van der Waals surface area contributed by atoms with Crippen LogP contribution < -0.4 is 5.32 Å². The van der Waals surface area contributed by atoms with Gasteiger partial charge in [-0.3, -0.25) is 10.1 Å². The number of nitrogens with zero attached hydrogens (tertiary/aromatic N) is 1. The van der Waals surface area contributed by atoms with Crippen molar-refractivity contribution in [2.24, 2.45) is 0 Å². The molecule has 2 N–H and O–H groups in total. The van der Waals surface area contributed by atoms with Gasteiger partial charge in [-0.1, -0.05) is 72.3 Å². The maximum Gasteiger partial charge on any atom is 0.412 e. The second kappa shape index (κ2) is 10.9. The van der Waals surface area contributed by atoms with Gasteiger partial charge in [0.25, 0.3) is 0 Å². The van der Waals surface area contributed by atoms with Crippen LogP contribution in [0.2, 0.25) is 5.02 Å². The van der Waals surface area contributed by atoms with Gasteiger partial charge in [-0.2, -0.15) is 4.37 Å². The van der Waals surface area contributed by atoms with Crippen molar-refractivity contribution in [2.45, 2.75) is 33.3 Å². The molecule has 0 bridgehead atoms. The first-order valence-corrected chi connectivity index (χ1v) is 12.5. The number of aryl methyl sites for hydroxylation is 2. The second-order valence-electron chi connectivity index (χ2n) is 8.46. The highest BCUT2D eigenvalue weighted by Crippen LogP contribution is 2.37. The Morgan fingerprint density at radius 3 is 2.42 bits per heavy atom. The van der Waals surface area contributed by atoms with E-state index < -0.39 is 18.2 Å². The average molecular weight is 521 g/mol. The van der Waals surface area contributed by atoms with Crippen molar-refractivity contribution in [1.82, 2.24) is 4.37 Å². The first-order valence-electron chi connectivity index (χ1n) is 11.3. The Morgan fingerprint density at radius 2 is 1.75 bits per heavy atom. The third-order valence-electron chi connectivity index (χ3n) is 5.82. The van der Waals surface area contributed by atoms with Gasteiger partial charge in [0.1, 0.15) is 6.10 Å². The standard InChI is InChI=1S/C28H25ClN2O4S/c1-16-14-19(15-25(32)33)8-13-22(16)20-9-11-21(12-10-20)27-26(17(2)31-36-27)30-28(34)35-18(3)23-6-4-5-7-24(23)29/h4-14,18H,15H2,1-3H3,(H,30,34)(H,32,33). The number of aliphatic carboxylic acids is 1. The Kier molecular flexibility index (Phi) is 7.72. The van der Waals surface area contributed by atoms with Crippen molar-refractivity contribution in [3.8, 4) is 21.6 Å². The number of hydrogen-bond donors (Lipinski definition) is 2. The van der Waals surface area contributed by atoms with Crippen LogP contribution in [0.4, 0.5) is 10.5 Å². The van der Waals surface area contributed by atoms with Crippen LogP contribution in [0.3, 0.4) is 0 Å². The summed E-state index contributed by atoms with van der Waals surface area (Å²) in [4.78, 5) is 24.5. The van der Waals surface area contributed by atoms with E-state index in [0.717, 1.165) is 38.3 Å². The van der Waals surface area contributed by atoms with Gasteiger partial charge in [-0.15, -0.1) is 0 Å². The van der Waals surface area contributed by atoms with E-state index in [1.54, 1.807) is 13.0 Å². The number of amides is 1. The van der Waals surface area contributed by atoms with Crippen LogP contribution in [0.15, 0.2) is 66.7 Å². The predicted molar refractivity (Wildman–Crippen MR) is 144 cm³/mol. The van der Waals surface area contributed by atoms with Gasteiger partial charge >= 0.3 is 12.1 Å². The number of carbonyl (C=O) groups is 2. The molecular formula is C28H25ClN2O4S. The molecule has 0 aliphatic heterocycles. The molecule has 6 nitrogen and oxygen atoms in total. The molecule has 36 heavy (non-hydrogen) atoms. The number of ether oxygens (including phenoxy) is 1. The number of halogens is 1. The zero-order valence-electron chi connectivity index (χ0n) is 20.0. The van der Waals surface area contributed by atoms with Gasteiger partial charge in [0.2, 0.25) is 0 Å². The smallest absolute Gasteiger partial charge is 0.412 e. The van der Waals surface area contributed by atoms with Crippen LogP contribution in [0.5, 0.6) is 0 Å². The third kappa shape index (κ3) is 5.75. The lowest BCUT2D eigenvalue weighted by Crippen LogP contribution is -2.16. The molecule has 0 fully saturated rings. The Bertz CT molecular complexity index is 1420. The highest BCUT2D eigenvalue weighted by molar-refractivity contribution is 7.10. The maximum absolute atomic E-state index is 12.7. The Balaban J connectivity index is 1.51. The lowest BCUT2D eigenvalue weighted by atomic mass is 9.96. The quantitative estimate of drug-likeness (QED) is 0.261. The molecule has 0 aliphatic rings. The van der Waals surface area contributed by atoms with Crippen LogP contribution in [-0.2, 0) is 16.0 Å². The van der Waals surface area contributed by atoms with Gasteiger partial charge in [-0.05, 0) is 66.2 Å². The van der Waals surface area contributed by atoms with Crippen LogP contribution in [-0.4, -0.2) is 21.5 Å². The van der Waals surface area contributed by atoms with Crippen LogP contribution >= 0.6 is 23.1 Å². The molecule has 1 atom stereocenters. The molecule has 4 aromatic rings. The van der Waals surface area contributed by atoms with Gasteiger partial charge in [0, 0.05) is 10.6 Å². The molecule has 1 amide bonds. The average Bonchev–Trinajstić information content (AvgIpc) is 3.19. The number of carboxylic acid groups (broad SMARTS) is 1. The molecular weight excluding hydrogens is 496 g/mol. The number of nitrogens with one attached hydrogen (secondary N) is 1. The lowest BCUT2D eigenvalue weighted by molar-refractivity contribution is -0.136. The SMILES string of the molecule is Cc1cc(CC(=O)O)ccc1-c1ccc(-c2snc(C)c2NC(=O)OC(C)c2ccccc2Cl)cc1. The third-order valence-corrected chi connectivity index (χ3v) is 7.15. The summed E-state index contributed by atoms with van der Waals surface area (Å²) in [7, 11) is 0. The number of carboxylic acids is 1. The first kappa shape index (κ1) is 25.4. The number of anilines is 1. The van der Waals surface area contributed by atoms with Crippen molar-refractivity contribution >= 4 is 40.9 Å². The fourth-order valence-electron chi connectivity index (χ4n) is 4.01. The summed E-state index contributed by atoms with van der Waals surface area (Å²) >= 11 is 7.53. The molecule has 8 heteroatoms. The summed E-state index contributed by atoms with van der Waals surface area (Å²) in [5.41, 5.74) is 6.79. The van der Waals surface area contributed by atoms with Crippen LogP contribution in [0, 0.1) is 13.8 Å². The summed E-state index contributed by atoms with van der Waals surface area (Å²) in [6.45, 7) is 5.58. The van der Waals surface area contributed by atoms with Gasteiger partial charge in [0.05, 0.1) is 22.7 Å². The van der Waals surface area contributed by atoms with Crippen molar-refractivity contribution in [3.05, 3.63) is 94.1 Å². The highest BCUT2D eigenvalue weighted by Gasteiger charge is 2.19. The highest BCUT2D eigenvalue weighted by atomic mass is 35.5. The van der Waals surface area contributed by atoms with Crippen LogP contribution in [0.25, 0.3) is 21.6 Å².